The van der Waals surface area contributed by atoms with Crippen LogP contribution in [0.1, 0.15) is 25.6 Å². The molecule has 2 aromatic heterocycles. The molecule has 14 heavy (non-hydrogen) atoms. The average Bonchev–Trinajstić information content (AvgIpc) is 2.57. The third-order valence-corrected chi connectivity index (χ3v) is 2.72. The van der Waals surface area contributed by atoms with Gasteiger partial charge in [-0.2, -0.15) is 9.61 Å². The van der Waals surface area contributed by atoms with Crippen molar-refractivity contribution in [3.8, 4) is 0 Å². The van der Waals surface area contributed by atoms with Crippen LogP contribution in [0.25, 0.3) is 5.65 Å². The van der Waals surface area contributed by atoms with E-state index in [0.29, 0.717) is 0 Å². The molecule has 0 saturated heterocycles. The molecule has 0 aromatic carbocycles. The lowest BCUT2D eigenvalue weighted by Crippen LogP contribution is -2.00. The summed E-state index contributed by atoms with van der Waals surface area (Å²) in [7, 11) is 0. The summed E-state index contributed by atoms with van der Waals surface area (Å²) < 4.78 is 2.62. The largest absolute Gasteiger partial charge is 0.212 e. The molecule has 2 aromatic rings. The van der Waals surface area contributed by atoms with E-state index in [-0.39, 0.29) is 0 Å². The van der Waals surface area contributed by atoms with Gasteiger partial charge < -0.3 is 0 Å². The number of hydrogen-bond acceptors (Lipinski definition) is 3. The molecule has 0 aliphatic rings. The number of nitrogens with zero attached hydrogens (tertiary/aromatic N) is 4. The third kappa shape index (κ3) is 1.87. The van der Waals surface area contributed by atoms with Gasteiger partial charge in [0.2, 0.25) is 6.33 Å². The maximum atomic E-state index is 4.42. The van der Waals surface area contributed by atoms with Crippen molar-refractivity contribution in [3.63, 3.8) is 0 Å². The van der Waals surface area contributed by atoms with Gasteiger partial charge in [-0.1, -0.05) is 13.3 Å². The Morgan fingerprint density at radius 1 is 1.57 bits per heavy atom. The Bertz CT molecular complexity index is 437. The van der Waals surface area contributed by atoms with Gasteiger partial charge in [-0.3, -0.25) is 0 Å². The normalized spacial score (nSPS) is 11.0. The lowest BCUT2D eigenvalue weighted by Gasteiger charge is -1.97. The molecule has 0 saturated carbocycles. The smallest absolute Gasteiger partial charge is 0.202 e. The zero-order valence-electron chi connectivity index (χ0n) is 7.87. The van der Waals surface area contributed by atoms with Crippen LogP contribution in [-0.2, 0) is 6.42 Å². The number of aryl methyl sites for hydroxylation is 1. The number of unbranched alkanes of at least 4 members (excludes halogenated alkanes) is 1. The summed E-state index contributed by atoms with van der Waals surface area (Å²) in [5, 5.41) is 4.07. The van der Waals surface area contributed by atoms with Gasteiger partial charge in [0, 0.05) is 6.42 Å². The summed E-state index contributed by atoms with van der Waals surface area (Å²) in [6, 6.07) is 0. The molecule has 0 N–H and O–H groups in total. The van der Waals surface area contributed by atoms with Crippen LogP contribution >= 0.6 is 22.6 Å². The standard InChI is InChI=1S/C9H10IN4/c1-2-3-4-8-11-6-14-9(13-8)7(10)5-12-14/h5H,2-4H2,1H3. The van der Waals surface area contributed by atoms with Crippen molar-refractivity contribution in [2.75, 3.05) is 0 Å². The summed E-state index contributed by atoms with van der Waals surface area (Å²) in [4.78, 5) is 8.54. The van der Waals surface area contributed by atoms with Crippen molar-refractivity contribution in [1.29, 1.82) is 0 Å². The fourth-order valence-electron chi connectivity index (χ4n) is 1.19. The van der Waals surface area contributed by atoms with Crippen LogP contribution in [-0.4, -0.2) is 19.6 Å². The average molecular weight is 301 g/mol. The first kappa shape index (κ1) is 9.82. The molecule has 0 amide bonds. The zero-order valence-corrected chi connectivity index (χ0v) is 10.0. The number of rotatable bonds is 3. The van der Waals surface area contributed by atoms with E-state index in [1.165, 1.54) is 0 Å². The Morgan fingerprint density at radius 3 is 3.21 bits per heavy atom. The van der Waals surface area contributed by atoms with E-state index in [1.54, 1.807) is 10.7 Å². The molecule has 0 bridgehead atoms. The molecule has 0 fully saturated rings. The fraction of sp³-hybridized carbons (Fsp3) is 0.444. The molecule has 1 radical (unpaired) electrons. The first-order valence-corrected chi connectivity index (χ1v) is 5.67. The predicted molar refractivity (Wildman–Crippen MR) is 60.9 cm³/mol. The van der Waals surface area contributed by atoms with Gasteiger partial charge in [0.15, 0.2) is 5.65 Å². The van der Waals surface area contributed by atoms with Gasteiger partial charge in [0.25, 0.3) is 0 Å². The molecule has 5 heteroatoms. The Labute approximate surface area is 95.9 Å². The number of hydrogen-bond donors (Lipinski definition) is 0. The Hall–Kier alpha value is -0.720. The molecular formula is C9H10IN4. The Balaban J connectivity index is 2.34. The number of aromatic nitrogens is 4. The third-order valence-electron chi connectivity index (χ3n) is 1.96. The number of fused-ring (bicyclic) bond motifs is 1. The second-order valence-electron chi connectivity index (χ2n) is 3.07. The summed E-state index contributed by atoms with van der Waals surface area (Å²) in [5.74, 6) is 0.859. The molecule has 0 aliphatic heterocycles. The van der Waals surface area contributed by atoms with Crippen molar-refractivity contribution >= 4 is 28.2 Å². The summed E-state index contributed by atoms with van der Waals surface area (Å²) in [6.07, 6.45) is 7.80. The highest BCUT2D eigenvalue weighted by Crippen LogP contribution is 2.10. The van der Waals surface area contributed by atoms with Crippen LogP contribution in [0.5, 0.6) is 0 Å². The minimum Gasteiger partial charge on any atom is -0.212 e. The van der Waals surface area contributed by atoms with E-state index >= 15 is 0 Å². The zero-order chi connectivity index (χ0) is 9.97. The van der Waals surface area contributed by atoms with Crippen LogP contribution in [0.4, 0.5) is 0 Å². The van der Waals surface area contributed by atoms with Crippen molar-refractivity contribution in [1.82, 2.24) is 19.6 Å². The molecule has 0 unspecified atom stereocenters. The minimum absolute atomic E-state index is 0.853. The van der Waals surface area contributed by atoms with E-state index in [2.05, 4.69) is 50.9 Å². The minimum atomic E-state index is 0.853. The maximum Gasteiger partial charge on any atom is 0.202 e. The van der Waals surface area contributed by atoms with Crippen LogP contribution in [0, 0.1) is 9.90 Å². The predicted octanol–water partition coefficient (Wildman–Crippen LogP) is 1.87. The molecule has 0 atom stereocenters. The Morgan fingerprint density at radius 2 is 2.43 bits per heavy atom. The van der Waals surface area contributed by atoms with Gasteiger partial charge in [-0.05, 0) is 29.0 Å². The van der Waals surface area contributed by atoms with Gasteiger partial charge in [-0.25, -0.2) is 9.97 Å². The second-order valence-corrected chi connectivity index (χ2v) is 4.23. The first-order chi connectivity index (χ1) is 6.81. The fourth-order valence-corrected chi connectivity index (χ4v) is 1.67. The molecular weight excluding hydrogens is 291 g/mol. The van der Waals surface area contributed by atoms with E-state index in [4.69, 9.17) is 0 Å². The highest BCUT2D eigenvalue weighted by Gasteiger charge is 2.04. The molecule has 0 aliphatic carbocycles. The van der Waals surface area contributed by atoms with Crippen LogP contribution < -0.4 is 0 Å². The first-order valence-electron chi connectivity index (χ1n) is 4.59. The van der Waals surface area contributed by atoms with Gasteiger partial charge >= 0.3 is 0 Å². The van der Waals surface area contributed by atoms with Crippen molar-refractivity contribution < 1.29 is 0 Å². The molecule has 73 valence electrons. The lowest BCUT2D eigenvalue weighted by atomic mass is 10.2. The van der Waals surface area contributed by atoms with Crippen LogP contribution in [0.15, 0.2) is 6.20 Å². The Kier molecular flexibility index (Phi) is 2.95. The summed E-state index contributed by atoms with van der Waals surface area (Å²) >= 11 is 2.21. The monoisotopic (exact) mass is 301 g/mol. The number of halogens is 1. The van der Waals surface area contributed by atoms with E-state index in [9.17, 15) is 0 Å². The maximum absolute atomic E-state index is 4.42. The highest BCUT2D eigenvalue weighted by atomic mass is 127. The molecule has 2 heterocycles. The quantitative estimate of drug-likeness (QED) is 0.813. The highest BCUT2D eigenvalue weighted by molar-refractivity contribution is 14.1. The molecule has 2 rings (SSSR count). The van der Waals surface area contributed by atoms with Crippen LogP contribution in [0.2, 0.25) is 0 Å². The lowest BCUT2D eigenvalue weighted by molar-refractivity contribution is 0.735. The van der Waals surface area contributed by atoms with Crippen molar-refractivity contribution in [3.05, 3.63) is 21.9 Å². The SMILES string of the molecule is CCCCc1n[c]n2ncc(I)c2n1. The molecule has 0 spiro atoms. The van der Waals surface area contributed by atoms with Crippen molar-refractivity contribution in [2.24, 2.45) is 0 Å². The van der Waals surface area contributed by atoms with Gasteiger partial charge in [-0.15, -0.1) is 0 Å². The van der Waals surface area contributed by atoms with Crippen LogP contribution in [0.3, 0.4) is 0 Å². The second kappa shape index (κ2) is 4.20. The van der Waals surface area contributed by atoms with E-state index < -0.39 is 0 Å². The molecule has 4 nitrogen and oxygen atoms in total. The summed E-state index contributed by atoms with van der Waals surface area (Å²) in [6.45, 7) is 2.16. The van der Waals surface area contributed by atoms with E-state index in [1.807, 2.05) is 0 Å². The van der Waals surface area contributed by atoms with Crippen molar-refractivity contribution in [2.45, 2.75) is 26.2 Å². The topological polar surface area (TPSA) is 43.1 Å². The van der Waals surface area contributed by atoms with Gasteiger partial charge in [0.1, 0.15) is 5.82 Å². The van der Waals surface area contributed by atoms with E-state index in [0.717, 1.165) is 34.3 Å². The summed E-state index contributed by atoms with van der Waals surface area (Å²) in [5.41, 5.74) is 0.853. The van der Waals surface area contributed by atoms with Gasteiger partial charge in [0.05, 0.1) is 9.77 Å².